The molecule has 18 heavy (non-hydrogen) atoms. The van der Waals surface area contributed by atoms with E-state index in [-0.39, 0.29) is 11.8 Å². The Kier molecular flexibility index (Phi) is 5.62. The van der Waals surface area contributed by atoms with Gasteiger partial charge in [-0.05, 0) is 37.6 Å². The number of sulfone groups is 1. The lowest BCUT2D eigenvalue weighted by molar-refractivity contribution is 0.414. The van der Waals surface area contributed by atoms with Crippen LogP contribution in [0.1, 0.15) is 24.9 Å². The van der Waals surface area contributed by atoms with E-state index in [2.05, 4.69) is 12.2 Å². The second kappa shape index (κ2) is 6.75. The number of nitrogens with one attached hydrogen (secondary N) is 1. The summed E-state index contributed by atoms with van der Waals surface area (Å²) >= 11 is 0. The Morgan fingerprint density at radius 3 is 2.39 bits per heavy atom. The summed E-state index contributed by atoms with van der Waals surface area (Å²) in [6.45, 7) is 2.75. The fourth-order valence-corrected chi connectivity index (χ4v) is 2.33. The van der Waals surface area contributed by atoms with Crippen LogP contribution in [0.25, 0.3) is 0 Å². The first kappa shape index (κ1) is 15.0. The number of rotatable bonds is 7. The molecule has 0 aliphatic carbocycles. The molecule has 0 unspecified atom stereocenters. The monoisotopic (exact) mass is 271 g/mol. The zero-order chi connectivity index (χ0) is 13.6. The van der Waals surface area contributed by atoms with Crippen molar-refractivity contribution in [2.75, 3.05) is 25.7 Å². The fraction of sp³-hybridized carbons (Fsp3) is 0.538. The highest BCUT2D eigenvalue weighted by Gasteiger charge is 2.06. The first-order chi connectivity index (χ1) is 8.42. The third-order valence-electron chi connectivity index (χ3n) is 2.76. The molecular formula is C13H21NO3S. The van der Waals surface area contributed by atoms with E-state index in [1.165, 1.54) is 6.26 Å². The first-order valence-electron chi connectivity index (χ1n) is 5.97. The minimum absolute atomic E-state index is 0.204. The highest BCUT2D eigenvalue weighted by Crippen LogP contribution is 2.16. The molecule has 0 saturated heterocycles. The minimum Gasteiger partial charge on any atom is -0.497 e. The zero-order valence-corrected chi connectivity index (χ0v) is 12.0. The van der Waals surface area contributed by atoms with Gasteiger partial charge >= 0.3 is 0 Å². The van der Waals surface area contributed by atoms with E-state index in [0.29, 0.717) is 13.0 Å². The molecule has 0 radical (unpaired) electrons. The molecule has 1 aromatic carbocycles. The van der Waals surface area contributed by atoms with Crippen molar-refractivity contribution in [3.8, 4) is 5.75 Å². The standard InChI is InChI=1S/C13H21NO3S/c1-11(14-9-4-10-18(3,15)16)12-5-7-13(17-2)8-6-12/h5-8,11,14H,4,9-10H2,1-3H3/t11-/m0/s1. The Morgan fingerprint density at radius 2 is 1.89 bits per heavy atom. The zero-order valence-electron chi connectivity index (χ0n) is 11.1. The Morgan fingerprint density at radius 1 is 1.28 bits per heavy atom. The van der Waals surface area contributed by atoms with Gasteiger partial charge in [-0.2, -0.15) is 0 Å². The molecule has 4 nitrogen and oxygen atoms in total. The van der Waals surface area contributed by atoms with E-state index in [1.807, 2.05) is 24.3 Å². The van der Waals surface area contributed by atoms with Crippen LogP contribution in [-0.4, -0.2) is 34.1 Å². The number of hydrogen-bond donors (Lipinski definition) is 1. The molecule has 0 aliphatic heterocycles. The lowest BCUT2D eigenvalue weighted by Gasteiger charge is -2.14. The lowest BCUT2D eigenvalue weighted by Crippen LogP contribution is -2.21. The molecular weight excluding hydrogens is 250 g/mol. The van der Waals surface area contributed by atoms with Crippen LogP contribution in [0.3, 0.4) is 0 Å². The van der Waals surface area contributed by atoms with Gasteiger partial charge in [0.15, 0.2) is 0 Å². The normalized spacial score (nSPS) is 13.3. The molecule has 0 heterocycles. The second-order valence-electron chi connectivity index (χ2n) is 4.43. The predicted molar refractivity (Wildman–Crippen MR) is 73.7 cm³/mol. The summed E-state index contributed by atoms with van der Waals surface area (Å²) in [5.74, 6) is 1.07. The van der Waals surface area contributed by atoms with Gasteiger partial charge in [0.05, 0.1) is 12.9 Å². The van der Waals surface area contributed by atoms with Crippen LogP contribution in [-0.2, 0) is 9.84 Å². The maximum atomic E-state index is 11.0. The van der Waals surface area contributed by atoms with Crippen LogP contribution in [0.5, 0.6) is 5.75 Å². The molecule has 0 amide bonds. The van der Waals surface area contributed by atoms with Gasteiger partial charge in [-0.15, -0.1) is 0 Å². The van der Waals surface area contributed by atoms with Crippen LogP contribution in [0.15, 0.2) is 24.3 Å². The quantitative estimate of drug-likeness (QED) is 0.768. The van der Waals surface area contributed by atoms with Crippen LogP contribution in [0, 0.1) is 0 Å². The van der Waals surface area contributed by atoms with Gasteiger partial charge in [-0.25, -0.2) is 8.42 Å². The average Bonchev–Trinajstić information content (AvgIpc) is 2.33. The highest BCUT2D eigenvalue weighted by atomic mass is 32.2. The van der Waals surface area contributed by atoms with Gasteiger partial charge < -0.3 is 10.1 Å². The van der Waals surface area contributed by atoms with Crippen molar-refractivity contribution in [3.63, 3.8) is 0 Å². The maximum absolute atomic E-state index is 11.0. The number of ether oxygens (including phenoxy) is 1. The van der Waals surface area contributed by atoms with E-state index >= 15 is 0 Å². The second-order valence-corrected chi connectivity index (χ2v) is 6.69. The van der Waals surface area contributed by atoms with E-state index in [0.717, 1.165) is 11.3 Å². The third kappa shape index (κ3) is 5.51. The van der Waals surface area contributed by atoms with Crippen molar-refractivity contribution < 1.29 is 13.2 Å². The molecule has 0 saturated carbocycles. The Balaban J connectivity index is 2.38. The van der Waals surface area contributed by atoms with E-state index in [4.69, 9.17) is 4.74 Å². The SMILES string of the molecule is COc1ccc([C@H](C)NCCCS(C)(=O)=O)cc1. The summed E-state index contributed by atoms with van der Waals surface area (Å²) < 4.78 is 27.0. The van der Waals surface area contributed by atoms with Gasteiger partial charge in [0, 0.05) is 12.3 Å². The molecule has 1 N–H and O–H groups in total. The molecule has 1 aromatic rings. The van der Waals surface area contributed by atoms with Crippen molar-refractivity contribution in [3.05, 3.63) is 29.8 Å². The number of benzene rings is 1. The van der Waals surface area contributed by atoms with E-state index in [1.54, 1.807) is 7.11 Å². The molecule has 0 aliphatic rings. The van der Waals surface area contributed by atoms with Crippen molar-refractivity contribution in [1.82, 2.24) is 5.32 Å². The highest BCUT2D eigenvalue weighted by molar-refractivity contribution is 7.90. The van der Waals surface area contributed by atoms with Gasteiger partial charge in [0.2, 0.25) is 0 Å². The summed E-state index contributed by atoms with van der Waals surface area (Å²) in [7, 11) is -1.21. The van der Waals surface area contributed by atoms with Crippen molar-refractivity contribution >= 4 is 9.84 Å². The molecule has 102 valence electrons. The number of methoxy groups -OCH3 is 1. The summed E-state index contributed by atoms with van der Waals surface area (Å²) in [6, 6.07) is 8.06. The smallest absolute Gasteiger partial charge is 0.147 e. The molecule has 0 fully saturated rings. The first-order valence-corrected chi connectivity index (χ1v) is 8.03. The van der Waals surface area contributed by atoms with Crippen LogP contribution >= 0.6 is 0 Å². The number of hydrogen-bond acceptors (Lipinski definition) is 4. The molecule has 5 heteroatoms. The maximum Gasteiger partial charge on any atom is 0.147 e. The van der Waals surface area contributed by atoms with Gasteiger partial charge in [0.1, 0.15) is 15.6 Å². The van der Waals surface area contributed by atoms with Crippen molar-refractivity contribution in [2.45, 2.75) is 19.4 Å². The Bertz CT molecular complexity index is 454. The molecule has 0 bridgehead atoms. The van der Waals surface area contributed by atoms with Gasteiger partial charge in [-0.1, -0.05) is 12.1 Å². The summed E-state index contributed by atoms with van der Waals surface area (Å²) in [5, 5.41) is 3.30. The summed E-state index contributed by atoms with van der Waals surface area (Å²) in [4.78, 5) is 0. The van der Waals surface area contributed by atoms with Gasteiger partial charge in [0.25, 0.3) is 0 Å². The third-order valence-corrected chi connectivity index (χ3v) is 3.79. The molecule has 0 spiro atoms. The van der Waals surface area contributed by atoms with Crippen molar-refractivity contribution in [1.29, 1.82) is 0 Å². The minimum atomic E-state index is -2.85. The summed E-state index contributed by atoms with van der Waals surface area (Å²) in [5.41, 5.74) is 1.16. The van der Waals surface area contributed by atoms with E-state index < -0.39 is 9.84 Å². The van der Waals surface area contributed by atoms with Crippen molar-refractivity contribution in [2.24, 2.45) is 0 Å². The topological polar surface area (TPSA) is 55.4 Å². The molecule has 1 atom stereocenters. The Hall–Kier alpha value is -1.07. The van der Waals surface area contributed by atoms with Crippen LogP contribution in [0.4, 0.5) is 0 Å². The predicted octanol–water partition coefficient (Wildman–Crippen LogP) is 1.78. The summed E-state index contributed by atoms with van der Waals surface area (Å²) in [6.07, 6.45) is 1.90. The lowest BCUT2D eigenvalue weighted by atomic mass is 10.1. The Labute approximate surface area is 109 Å². The van der Waals surface area contributed by atoms with E-state index in [9.17, 15) is 8.42 Å². The largest absolute Gasteiger partial charge is 0.497 e. The van der Waals surface area contributed by atoms with Gasteiger partial charge in [-0.3, -0.25) is 0 Å². The molecule has 0 aromatic heterocycles. The van der Waals surface area contributed by atoms with Crippen LogP contribution < -0.4 is 10.1 Å². The molecule has 1 rings (SSSR count). The fourth-order valence-electron chi connectivity index (χ4n) is 1.66. The average molecular weight is 271 g/mol. The van der Waals surface area contributed by atoms with Crippen LogP contribution in [0.2, 0.25) is 0 Å².